The van der Waals surface area contributed by atoms with Gasteiger partial charge >= 0.3 is 5.97 Å². The van der Waals surface area contributed by atoms with Gasteiger partial charge in [0.15, 0.2) is 18.1 Å². The van der Waals surface area contributed by atoms with Crippen LogP contribution in [0.4, 0.5) is 5.69 Å². The van der Waals surface area contributed by atoms with Crippen LogP contribution in [0.25, 0.3) is 6.08 Å². The molecule has 158 valence electrons. The number of anilines is 1. The number of nitrogens with one attached hydrogen (secondary N) is 1. The minimum atomic E-state index is -0.715. The molecule has 0 saturated carbocycles. The van der Waals surface area contributed by atoms with Crippen LogP contribution in [0.2, 0.25) is 0 Å². The quantitative estimate of drug-likeness (QED) is 0.509. The van der Waals surface area contributed by atoms with Gasteiger partial charge in [-0.25, -0.2) is 4.79 Å². The highest BCUT2D eigenvalue weighted by Crippen LogP contribution is 2.26. The van der Waals surface area contributed by atoms with Crippen LogP contribution in [0.15, 0.2) is 48.5 Å². The third kappa shape index (κ3) is 6.97. The topological polar surface area (TPSA) is 105 Å². The lowest BCUT2D eigenvalue weighted by Gasteiger charge is -2.16. The van der Waals surface area contributed by atoms with Crippen molar-refractivity contribution in [3.05, 3.63) is 59.7 Å². The Balaban J connectivity index is 1.78. The van der Waals surface area contributed by atoms with Crippen molar-refractivity contribution in [1.29, 1.82) is 0 Å². The van der Waals surface area contributed by atoms with Gasteiger partial charge in [0.25, 0.3) is 5.91 Å². The number of aromatic hydroxyl groups is 1. The van der Waals surface area contributed by atoms with E-state index in [1.807, 2.05) is 19.1 Å². The Bertz CT molecular complexity index is 937. The molecule has 0 aromatic heterocycles. The lowest BCUT2D eigenvalue weighted by molar-refractivity contribution is -0.148. The summed E-state index contributed by atoms with van der Waals surface area (Å²) in [5.74, 6) is -1.33. The largest absolute Gasteiger partial charge is 0.504 e. The zero-order chi connectivity index (χ0) is 22.1. The van der Waals surface area contributed by atoms with Crippen LogP contribution in [0.3, 0.4) is 0 Å². The van der Waals surface area contributed by atoms with Crippen molar-refractivity contribution >= 4 is 29.5 Å². The maximum Gasteiger partial charge on any atom is 0.331 e. The number of ether oxygens (including phenoxy) is 2. The number of esters is 1. The molecule has 2 aromatic rings. The summed E-state index contributed by atoms with van der Waals surface area (Å²) >= 11 is 0. The molecule has 0 aliphatic rings. The molecule has 2 N–H and O–H groups in total. The summed E-state index contributed by atoms with van der Waals surface area (Å²) in [6.45, 7) is 1.28. The number of carbonyl (C=O) groups excluding carboxylic acids is 3. The summed E-state index contributed by atoms with van der Waals surface area (Å²) in [4.78, 5) is 37.1. The molecule has 2 aromatic carbocycles. The van der Waals surface area contributed by atoms with E-state index < -0.39 is 18.5 Å². The van der Waals surface area contributed by atoms with Crippen LogP contribution in [0, 0.1) is 6.92 Å². The molecule has 30 heavy (non-hydrogen) atoms. The highest BCUT2D eigenvalue weighted by atomic mass is 16.5. The number of amides is 2. The minimum absolute atomic E-state index is 0.0164. The molecular weight excluding hydrogens is 388 g/mol. The molecule has 0 fully saturated rings. The average molecular weight is 412 g/mol. The maximum absolute atomic E-state index is 12.1. The summed E-state index contributed by atoms with van der Waals surface area (Å²) in [7, 11) is 2.86. The number of carbonyl (C=O) groups is 3. The normalized spacial score (nSPS) is 10.5. The van der Waals surface area contributed by atoms with Crippen LogP contribution in [-0.4, -0.2) is 55.1 Å². The van der Waals surface area contributed by atoms with Gasteiger partial charge < -0.3 is 24.8 Å². The fraction of sp³-hybridized carbons (Fsp3) is 0.227. The van der Waals surface area contributed by atoms with Crippen molar-refractivity contribution in [1.82, 2.24) is 4.90 Å². The second-order valence-corrected chi connectivity index (χ2v) is 6.54. The van der Waals surface area contributed by atoms with Crippen LogP contribution in [0.5, 0.6) is 11.5 Å². The third-order valence-electron chi connectivity index (χ3n) is 4.10. The monoisotopic (exact) mass is 412 g/mol. The minimum Gasteiger partial charge on any atom is -0.504 e. The molecule has 0 unspecified atom stereocenters. The smallest absolute Gasteiger partial charge is 0.331 e. The van der Waals surface area contributed by atoms with Crippen LogP contribution in [0.1, 0.15) is 11.1 Å². The predicted molar refractivity (Wildman–Crippen MR) is 112 cm³/mol. The highest BCUT2D eigenvalue weighted by molar-refractivity contribution is 5.95. The molecule has 0 atom stereocenters. The van der Waals surface area contributed by atoms with Gasteiger partial charge in [-0.2, -0.15) is 0 Å². The Hall–Kier alpha value is -3.81. The second kappa shape index (κ2) is 10.7. The second-order valence-electron chi connectivity index (χ2n) is 6.54. The first-order valence-electron chi connectivity index (χ1n) is 9.11. The number of rotatable bonds is 8. The number of nitrogens with zero attached hydrogens (tertiary/aromatic N) is 1. The summed E-state index contributed by atoms with van der Waals surface area (Å²) in [5.41, 5.74) is 2.31. The Morgan fingerprint density at radius 2 is 1.83 bits per heavy atom. The fourth-order valence-corrected chi connectivity index (χ4v) is 2.39. The van der Waals surface area contributed by atoms with Gasteiger partial charge in [-0.1, -0.05) is 23.8 Å². The number of hydrogen-bond donors (Lipinski definition) is 2. The summed E-state index contributed by atoms with van der Waals surface area (Å²) in [6.07, 6.45) is 2.62. The van der Waals surface area contributed by atoms with E-state index in [-0.39, 0.29) is 24.0 Å². The Morgan fingerprint density at radius 1 is 1.13 bits per heavy atom. The van der Waals surface area contributed by atoms with E-state index in [1.165, 1.54) is 31.2 Å². The van der Waals surface area contributed by atoms with Crippen LogP contribution < -0.4 is 10.1 Å². The van der Waals surface area contributed by atoms with Crippen LogP contribution in [-0.2, 0) is 19.1 Å². The fourth-order valence-electron chi connectivity index (χ4n) is 2.39. The summed E-state index contributed by atoms with van der Waals surface area (Å²) in [5, 5.41) is 12.2. The predicted octanol–water partition coefficient (Wildman–Crippen LogP) is 2.36. The number of methoxy groups -OCH3 is 1. The third-order valence-corrected chi connectivity index (χ3v) is 4.10. The van der Waals surface area contributed by atoms with E-state index in [4.69, 9.17) is 9.47 Å². The van der Waals surface area contributed by atoms with Gasteiger partial charge in [0.1, 0.15) is 0 Å². The van der Waals surface area contributed by atoms with Crippen LogP contribution >= 0.6 is 0 Å². The molecule has 0 heterocycles. The number of phenolic OH excluding ortho intramolecular Hbond substituents is 1. The molecule has 2 amide bonds. The van der Waals surface area contributed by atoms with E-state index in [1.54, 1.807) is 24.3 Å². The van der Waals surface area contributed by atoms with Crippen molar-refractivity contribution < 1.29 is 29.0 Å². The molecule has 0 radical (unpaired) electrons. The average Bonchev–Trinajstić information content (AvgIpc) is 2.72. The van der Waals surface area contributed by atoms with Gasteiger partial charge in [-0.05, 0) is 42.8 Å². The van der Waals surface area contributed by atoms with Gasteiger partial charge in [-0.3, -0.25) is 9.59 Å². The van der Waals surface area contributed by atoms with Crippen molar-refractivity contribution in [2.24, 2.45) is 0 Å². The first-order valence-corrected chi connectivity index (χ1v) is 9.11. The van der Waals surface area contributed by atoms with Crippen molar-refractivity contribution in [3.63, 3.8) is 0 Å². The Labute approximate surface area is 174 Å². The highest BCUT2D eigenvalue weighted by Gasteiger charge is 2.14. The first kappa shape index (κ1) is 22.5. The van der Waals surface area contributed by atoms with Gasteiger partial charge in [-0.15, -0.1) is 0 Å². The molecular formula is C22H24N2O6. The maximum atomic E-state index is 12.1. The SMILES string of the molecule is COc1cc(/C=C/C(=O)OCC(=O)N(C)CC(=O)Nc2ccc(C)cc2)ccc1O. The lowest BCUT2D eigenvalue weighted by Crippen LogP contribution is -2.37. The van der Waals surface area contributed by atoms with E-state index in [2.05, 4.69) is 5.32 Å². The molecule has 0 bridgehead atoms. The van der Waals surface area contributed by atoms with Gasteiger partial charge in [0, 0.05) is 18.8 Å². The zero-order valence-electron chi connectivity index (χ0n) is 17.0. The molecule has 0 saturated heterocycles. The van der Waals surface area contributed by atoms with E-state index >= 15 is 0 Å². The van der Waals surface area contributed by atoms with Gasteiger partial charge in [0.2, 0.25) is 5.91 Å². The van der Waals surface area contributed by atoms with Crippen molar-refractivity contribution in [3.8, 4) is 11.5 Å². The van der Waals surface area contributed by atoms with Crippen molar-refractivity contribution in [2.75, 3.05) is 32.6 Å². The molecule has 2 rings (SSSR count). The molecule has 8 nitrogen and oxygen atoms in total. The van der Waals surface area contributed by atoms with E-state index in [9.17, 15) is 19.5 Å². The Morgan fingerprint density at radius 3 is 2.50 bits per heavy atom. The molecule has 8 heteroatoms. The standard InChI is InChI=1S/C22H24N2O6/c1-15-4-8-17(9-5-15)23-20(26)13-24(2)21(27)14-30-22(28)11-7-16-6-10-18(25)19(12-16)29-3/h4-12,25H,13-14H2,1-3H3,(H,23,26)/b11-7+. The first-order chi connectivity index (χ1) is 14.3. The van der Waals surface area contributed by atoms with E-state index in [0.717, 1.165) is 11.6 Å². The van der Waals surface area contributed by atoms with Crippen molar-refractivity contribution in [2.45, 2.75) is 6.92 Å². The number of hydrogen-bond acceptors (Lipinski definition) is 6. The Kier molecular flexibility index (Phi) is 7.99. The molecule has 0 spiro atoms. The summed E-state index contributed by atoms with van der Waals surface area (Å²) < 4.78 is 9.90. The van der Waals surface area contributed by atoms with Gasteiger partial charge in [0.05, 0.1) is 13.7 Å². The van der Waals surface area contributed by atoms with E-state index in [0.29, 0.717) is 11.3 Å². The molecule has 0 aliphatic carbocycles. The number of phenols is 1. The number of aryl methyl sites for hydroxylation is 1. The lowest BCUT2D eigenvalue weighted by atomic mass is 10.2. The number of benzene rings is 2. The number of likely N-dealkylation sites (N-methyl/N-ethyl adjacent to an activating group) is 1. The zero-order valence-corrected chi connectivity index (χ0v) is 17.0. The molecule has 0 aliphatic heterocycles. The summed E-state index contributed by atoms with van der Waals surface area (Å²) in [6, 6.07) is 11.8.